The maximum Gasteiger partial charge on any atom is 0.416 e. The number of hydrogen-bond acceptors (Lipinski definition) is 4. The third kappa shape index (κ3) is 6.72. The van der Waals surface area contributed by atoms with E-state index in [1.807, 2.05) is 60.7 Å². The lowest BCUT2D eigenvalue weighted by Gasteiger charge is -2.46. The predicted molar refractivity (Wildman–Crippen MR) is 154 cm³/mol. The van der Waals surface area contributed by atoms with Gasteiger partial charge in [0.05, 0.1) is 25.2 Å². The van der Waals surface area contributed by atoms with Gasteiger partial charge < -0.3 is 15.1 Å². The number of nitrogens with one attached hydrogen (secondary N) is 1. The van der Waals surface area contributed by atoms with Gasteiger partial charge in [0.25, 0.3) is 0 Å². The molecule has 0 radical (unpaired) electrons. The molecule has 0 aliphatic carbocycles. The second kappa shape index (κ2) is 12.7. The molecule has 3 aromatic rings. The second-order valence-corrected chi connectivity index (χ2v) is 10.5. The number of halogens is 3. The van der Waals surface area contributed by atoms with Crippen molar-refractivity contribution in [2.45, 2.75) is 37.9 Å². The maximum atomic E-state index is 13.9. The van der Waals surface area contributed by atoms with E-state index in [0.717, 1.165) is 23.3 Å². The lowest BCUT2D eigenvalue weighted by Crippen LogP contribution is -2.66. The van der Waals surface area contributed by atoms with Crippen molar-refractivity contribution < 1.29 is 27.6 Å². The number of fused-ring (bicyclic) bond motifs is 1. The molecule has 4 amide bonds. The lowest BCUT2D eigenvalue weighted by atomic mass is 10.00. The molecule has 2 fully saturated rings. The Labute approximate surface area is 247 Å². The van der Waals surface area contributed by atoms with Crippen LogP contribution in [0.15, 0.2) is 97.6 Å². The molecule has 0 bridgehead atoms. The first-order valence-corrected chi connectivity index (χ1v) is 13.9. The number of urea groups is 1. The first kappa shape index (κ1) is 29.8. The molecule has 2 heterocycles. The van der Waals surface area contributed by atoms with Gasteiger partial charge >= 0.3 is 12.2 Å². The number of alkyl halides is 3. The maximum absolute atomic E-state index is 13.9. The Morgan fingerprint density at radius 1 is 0.953 bits per heavy atom. The normalized spacial score (nSPS) is 18.9. The summed E-state index contributed by atoms with van der Waals surface area (Å²) in [5, 5.41) is 5.90. The van der Waals surface area contributed by atoms with Gasteiger partial charge in [-0.05, 0) is 28.8 Å². The van der Waals surface area contributed by atoms with Crippen molar-refractivity contribution in [1.82, 2.24) is 25.1 Å². The van der Waals surface area contributed by atoms with Crippen LogP contribution in [-0.2, 0) is 35.3 Å². The molecule has 8 nitrogen and oxygen atoms in total. The summed E-state index contributed by atoms with van der Waals surface area (Å²) in [5.74, 6) is -0.681. The highest BCUT2D eigenvalue weighted by Gasteiger charge is 2.52. The summed E-state index contributed by atoms with van der Waals surface area (Å²) in [6.07, 6.45) is -3.48. The number of benzene rings is 3. The van der Waals surface area contributed by atoms with E-state index in [1.165, 1.54) is 20.9 Å². The molecule has 0 aromatic heterocycles. The quantitative estimate of drug-likeness (QED) is 0.374. The molecule has 11 heteroatoms. The van der Waals surface area contributed by atoms with Crippen LogP contribution in [-0.4, -0.2) is 69.5 Å². The molecule has 0 saturated carbocycles. The summed E-state index contributed by atoms with van der Waals surface area (Å²) >= 11 is 0. The van der Waals surface area contributed by atoms with Crippen LogP contribution in [0.2, 0.25) is 0 Å². The minimum absolute atomic E-state index is 0.00567. The van der Waals surface area contributed by atoms with E-state index in [0.29, 0.717) is 5.56 Å². The van der Waals surface area contributed by atoms with Crippen molar-refractivity contribution in [3.8, 4) is 0 Å². The average Bonchev–Trinajstić information content (AvgIpc) is 3.32. The summed E-state index contributed by atoms with van der Waals surface area (Å²) in [7, 11) is 0. The second-order valence-electron chi connectivity index (χ2n) is 10.5. The van der Waals surface area contributed by atoms with Gasteiger partial charge in [-0.1, -0.05) is 78.9 Å². The highest BCUT2D eigenvalue weighted by Crippen LogP contribution is 2.32. The van der Waals surface area contributed by atoms with Crippen molar-refractivity contribution in [3.63, 3.8) is 0 Å². The molecule has 0 unspecified atom stereocenters. The van der Waals surface area contributed by atoms with Crippen molar-refractivity contribution >= 4 is 17.8 Å². The van der Waals surface area contributed by atoms with Gasteiger partial charge in [0.2, 0.25) is 11.8 Å². The smallest absolute Gasteiger partial charge is 0.333 e. The largest absolute Gasteiger partial charge is 0.416 e. The Balaban J connectivity index is 1.44. The minimum atomic E-state index is -4.53. The molecular formula is C32H32F3N5O3. The third-order valence-corrected chi connectivity index (χ3v) is 7.60. The average molecular weight is 592 g/mol. The van der Waals surface area contributed by atoms with E-state index in [1.54, 1.807) is 17.2 Å². The van der Waals surface area contributed by atoms with Gasteiger partial charge in [-0.25, -0.2) is 4.79 Å². The fourth-order valence-corrected chi connectivity index (χ4v) is 5.59. The fourth-order valence-electron chi connectivity index (χ4n) is 5.59. The Morgan fingerprint density at radius 2 is 1.60 bits per heavy atom. The number of piperazine rings is 1. The van der Waals surface area contributed by atoms with Crippen LogP contribution in [0, 0.1) is 0 Å². The van der Waals surface area contributed by atoms with Gasteiger partial charge in [0, 0.05) is 19.5 Å². The first-order chi connectivity index (χ1) is 20.7. The van der Waals surface area contributed by atoms with Crippen LogP contribution < -0.4 is 5.32 Å². The molecular weight excluding hydrogens is 559 g/mol. The fraction of sp³-hybridized carbons (Fsp3) is 0.281. The van der Waals surface area contributed by atoms with Crippen LogP contribution in [0.5, 0.6) is 0 Å². The third-order valence-electron chi connectivity index (χ3n) is 7.60. The van der Waals surface area contributed by atoms with Gasteiger partial charge in [0.15, 0.2) is 0 Å². The highest BCUT2D eigenvalue weighted by atomic mass is 19.4. The lowest BCUT2D eigenvalue weighted by molar-refractivity contribution is -0.157. The Bertz CT molecular complexity index is 1470. The Hall–Kier alpha value is -4.64. The Kier molecular flexibility index (Phi) is 8.81. The molecule has 224 valence electrons. The van der Waals surface area contributed by atoms with Crippen molar-refractivity contribution in [2.24, 2.45) is 0 Å². The molecule has 1 N–H and O–H groups in total. The zero-order valence-corrected chi connectivity index (χ0v) is 23.4. The summed E-state index contributed by atoms with van der Waals surface area (Å²) in [5.41, 5.74) is 1.23. The van der Waals surface area contributed by atoms with E-state index in [9.17, 15) is 27.6 Å². The van der Waals surface area contributed by atoms with Gasteiger partial charge in [0.1, 0.15) is 12.2 Å². The molecule has 3 aromatic carbocycles. The number of hydrogen-bond donors (Lipinski definition) is 1. The van der Waals surface area contributed by atoms with Crippen molar-refractivity contribution in [2.75, 3.05) is 19.6 Å². The number of carbonyl (C=O) groups excluding carboxylic acids is 3. The van der Waals surface area contributed by atoms with Gasteiger partial charge in [-0.15, -0.1) is 6.58 Å². The van der Waals surface area contributed by atoms with E-state index in [4.69, 9.17) is 0 Å². The van der Waals surface area contributed by atoms with E-state index in [2.05, 4.69) is 11.9 Å². The van der Waals surface area contributed by atoms with Crippen LogP contribution in [0.1, 0.15) is 22.3 Å². The summed E-state index contributed by atoms with van der Waals surface area (Å²) in [4.78, 5) is 43.8. The van der Waals surface area contributed by atoms with Crippen LogP contribution >= 0.6 is 0 Å². The Morgan fingerprint density at radius 3 is 2.26 bits per heavy atom. The number of rotatable bonds is 9. The van der Waals surface area contributed by atoms with Crippen LogP contribution in [0.3, 0.4) is 0 Å². The van der Waals surface area contributed by atoms with Gasteiger partial charge in [-0.2, -0.15) is 18.2 Å². The van der Waals surface area contributed by atoms with Gasteiger partial charge in [-0.3, -0.25) is 14.6 Å². The van der Waals surface area contributed by atoms with E-state index in [-0.39, 0.29) is 51.0 Å². The topological polar surface area (TPSA) is 76.2 Å². The van der Waals surface area contributed by atoms with E-state index < -0.39 is 30.0 Å². The molecule has 5 rings (SSSR count). The molecule has 0 spiro atoms. The molecule has 2 aliphatic heterocycles. The van der Waals surface area contributed by atoms with Crippen LogP contribution in [0.25, 0.3) is 0 Å². The highest BCUT2D eigenvalue weighted by molar-refractivity contribution is 5.91. The van der Waals surface area contributed by atoms with E-state index >= 15 is 0 Å². The summed E-state index contributed by atoms with van der Waals surface area (Å²) in [6.45, 7) is 3.92. The molecule has 2 atom stereocenters. The summed E-state index contributed by atoms with van der Waals surface area (Å²) < 4.78 is 40.3. The SMILES string of the molecule is C=CCN(C(=O)NCc1ccccc1)N1CC(=O)N2[C@@H](Cc3ccccc3)C(=O)N(Cc3cccc(C(F)(F)F)c3)C[C@@H]21. The number of nitrogens with zero attached hydrogens (tertiary/aromatic N) is 4. The molecule has 2 saturated heterocycles. The van der Waals surface area contributed by atoms with Crippen molar-refractivity contribution in [3.05, 3.63) is 120 Å². The number of amides is 4. The minimum Gasteiger partial charge on any atom is -0.333 e. The molecule has 43 heavy (non-hydrogen) atoms. The van der Waals surface area contributed by atoms with Crippen molar-refractivity contribution in [1.29, 1.82) is 0 Å². The zero-order valence-electron chi connectivity index (χ0n) is 23.4. The zero-order chi connectivity index (χ0) is 30.6. The monoisotopic (exact) mass is 591 g/mol. The molecule has 2 aliphatic rings. The standard InChI is InChI=1S/C32H32F3N5O3/c1-2-16-38(31(43)36-19-24-12-7-4-8-13-24)39-22-29(41)40-27(18-23-10-5-3-6-11-23)30(42)37(21-28(39)40)20-25-14-9-15-26(17-25)32(33,34)35/h2-15,17,27-28H,1,16,18-22H2,(H,36,43)/t27-,28+/m0/s1. The summed E-state index contributed by atoms with van der Waals surface area (Å²) in [6, 6.07) is 22.1. The van der Waals surface area contributed by atoms with Crippen LogP contribution in [0.4, 0.5) is 18.0 Å². The number of hydrazine groups is 1. The first-order valence-electron chi connectivity index (χ1n) is 13.9. The predicted octanol–water partition coefficient (Wildman–Crippen LogP) is 4.44. The number of carbonyl (C=O) groups is 3.